The number of rotatable bonds is 8. The van der Waals surface area contributed by atoms with Crippen LogP contribution in [0, 0.1) is 0 Å². The zero-order valence-electron chi connectivity index (χ0n) is 17.5. The summed E-state index contributed by atoms with van der Waals surface area (Å²) in [6, 6.07) is 26.5. The first kappa shape index (κ1) is 21.6. The van der Waals surface area contributed by atoms with Crippen molar-refractivity contribution in [1.29, 1.82) is 0 Å². The Labute approximate surface area is 190 Å². The number of nitrogens with zero attached hydrogens (tertiary/aromatic N) is 1. The number of amides is 1. The molecule has 0 radical (unpaired) electrons. The molecule has 3 aromatic carbocycles. The van der Waals surface area contributed by atoms with Gasteiger partial charge >= 0.3 is 5.97 Å². The molecule has 1 heterocycles. The minimum Gasteiger partial charge on any atom is -0.489 e. The highest BCUT2D eigenvalue weighted by Gasteiger charge is 2.11. The van der Waals surface area contributed by atoms with Gasteiger partial charge in [0.15, 0.2) is 0 Å². The molecule has 164 valence electrons. The van der Waals surface area contributed by atoms with E-state index in [-0.39, 0.29) is 11.7 Å². The molecule has 1 N–H and O–H groups in total. The number of para-hydroxylation sites is 1. The summed E-state index contributed by atoms with van der Waals surface area (Å²) in [5.74, 6) is 0.378. The van der Waals surface area contributed by atoms with Gasteiger partial charge in [0.1, 0.15) is 18.1 Å². The first-order valence-corrected chi connectivity index (χ1v) is 10.1. The van der Waals surface area contributed by atoms with Gasteiger partial charge in [-0.3, -0.25) is 4.79 Å². The molecule has 0 spiro atoms. The standard InChI is InChI=1S/C26H20N2O5/c29-25(21-12-8-20(9-13-21)18-32-22-5-2-1-3-6-22)28-27-17-19-10-14-23(15-11-19)33-26(30)24-7-4-16-31-24/h1-17H,18H2,(H,28,29). The Bertz CT molecular complexity index is 1220. The second kappa shape index (κ2) is 10.6. The SMILES string of the molecule is O=C(NN=Cc1ccc(OC(=O)c2ccco2)cc1)c1ccc(COc2ccccc2)cc1. The lowest BCUT2D eigenvalue weighted by molar-refractivity contribution is 0.0701. The number of carbonyl (C=O) groups excluding carboxylic acids is 2. The van der Waals surface area contributed by atoms with E-state index >= 15 is 0 Å². The highest BCUT2D eigenvalue weighted by atomic mass is 16.5. The summed E-state index contributed by atoms with van der Waals surface area (Å²) < 4.78 is 15.9. The summed E-state index contributed by atoms with van der Waals surface area (Å²) in [5, 5.41) is 3.98. The normalized spacial score (nSPS) is 10.7. The number of benzene rings is 3. The van der Waals surface area contributed by atoms with Crippen LogP contribution in [0.25, 0.3) is 0 Å². The molecular weight excluding hydrogens is 420 g/mol. The van der Waals surface area contributed by atoms with E-state index in [0.717, 1.165) is 16.9 Å². The second-order valence-electron chi connectivity index (χ2n) is 6.93. The summed E-state index contributed by atoms with van der Waals surface area (Å²) in [7, 11) is 0. The first-order valence-electron chi connectivity index (χ1n) is 10.1. The van der Waals surface area contributed by atoms with Gasteiger partial charge in [0.25, 0.3) is 5.91 Å². The number of ether oxygens (including phenoxy) is 2. The maximum absolute atomic E-state index is 12.3. The second-order valence-corrected chi connectivity index (χ2v) is 6.93. The average Bonchev–Trinajstić information content (AvgIpc) is 3.40. The van der Waals surface area contributed by atoms with Crippen LogP contribution in [0.1, 0.15) is 32.0 Å². The van der Waals surface area contributed by atoms with Crippen LogP contribution >= 0.6 is 0 Å². The van der Waals surface area contributed by atoms with Crippen LogP contribution in [0.3, 0.4) is 0 Å². The van der Waals surface area contributed by atoms with Crippen LogP contribution in [0.2, 0.25) is 0 Å². The molecule has 0 aliphatic carbocycles. The highest BCUT2D eigenvalue weighted by molar-refractivity contribution is 5.95. The van der Waals surface area contributed by atoms with E-state index in [1.54, 1.807) is 42.5 Å². The Morgan fingerprint density at radius 1 is 0.848 bits per heavy atom. The lowest BCUT2D eigenvalue weighted by Gasteiger charge is -2.06. The third-order valence-corrected chi connectivity index (χ3v) is 4.56. The Kier molecular flexibility index (Phi) is 6.92. The summed E-state index contributed by atoms with van der Waals surface area (Å²) in [6.07, 6.45) is 2.90. The summed E-state index contributed by atoms with van der Waals surface area (Å²) >= 11 is 0. The van der Waals surface area contributed by atoms with E-state index in [1.165, 1.54) is 18.5 Å². The maximum atomic E-state index is 12.3. The minimum absolute atomic E-state index is 0.125. The van der Waals surface area contributed by atoms with Crippen LogP contribution in [-0.2, 0) is 6.61 Å². The van der Waals surface area contributed by atoms with Crippen molar-refractivity contribution < 1.29 is 23.5 Å². The van der Waals surface area contributed by atoms with Gasteiger partial charge in [0.05, 0.1) is 12.5 Å². The predicted octanol–water partition coefficient (Wildman–Crippen LogP) is 4.84. The molecule has 1 amide bonds. The molecule has 0 saturated carbocycles. The van der Waals surface area contributed by atoms with Gasteiger partial charge in [-0.05, 0) is 71.8 Å². The van der Waals surface area contributed by atoms with E-state index in [4.69, 9.17) is 13.9 Å². The number of hydrogen-bond donors (Lipinski definition) is 1. The molecule has 0 saturated heterocycles. The monoisotopic (exact) mass is 440 g/mol. The zero-order valence-corrected chi connectivity index (χ0v) is 17.5. The van der Waals surface area contributed by atoms with Gasteiger partial charge in [0.2, 0.25) is 5.76 Å². The van der Waals surface area contributed by atoms with Gasteiger partial charge in [-0.2, -0.15) is 5.10 Å². The summed E-state index contributed by atoms with van der Waals surface area (Å²) in [5.41, 5.74) is 4.65. The molecule has 0 unspecified atom stereocenters. The van der Waals surface area contributed by atoms with E-state index in [9.17, 15) is 9.59 Å². The Morgan fingerprint density at radius 2 is 1.61 bits per heavy atom. The topological polar surface area (TPSA) is 90.1 Å². The molecule has 33 heavy (non-hydrogen) atoms. The number of esters is 1. The van der Waals surface area contributed by atoms with E-state index < -0.39 is 5.97 Å². The lowest BCUT2D eigenvalue weighted by atomic mass is 10.1. The van der Waals surface area contributed by atoms with Crippen molar-refractivity contribution in [2.24, 2.45) is 5.10 Å². The quantitative estimate of drug-likeness (QED) is 0.183. The molecule has 1 aromatic heterocycles. The largest absolute Gasteiger partial charge is 0.489 e. The zero-order chi connectivity index (χ0) is 22.9. The summed E-state index contributed by atoms with van der Waals surface area (Å²) in [6.45, 7) is 0.414. The van der Waals surface area contributed by atoms with Crippen LogP contribution in [0.15, 0.2) is 107 Å². The number of nitrogens with one attached hydrogen (secondary N) is 1. The first-order chi connectivity index (χ1) is 16.2. The molecule has 4 rings (SSSR count). The number of carbonyl (C=O) groups is 2. The van der Waals surface area contributed by atoms with E-state index in [0.29, 0.717) is 17.9 Å². The average molecular weight is 440 g/mol. The molecule has 0 aliphatic rings. The van der Waals surface area contributed by atoms with Crippen molar-refractivity contribution in [2.75, 3.05) is 0 Å². The van der Waals surface area contributed by atoms with Crippen molar-refractivity contribution in [3.05, 3.63) is 120 Å². The molecule has 0 fully saturated rings. The van der Waals surface area contributed by atoms with Gasteiger partial charge < -0.3 is 13.9 Å². The van der Waals surface area contributed by atoms with Crippen LogP contribution in [0.4, 0.5) is 0 Å². The van der Waals surface area contributed by atoms with Crippen LogP contribution in [-0.4, -0.2) is 18.1 Å². The van der Waals surface area contributed by atoms with E-state index in [2.05, 4.69) is 10.5 Å². The van der Waals surface area contributed by atoms with Crippen LogP contribution in [0.5, 0.6) is 11.5 Å². The fraction of sp³-hybridized carbons (Fsp3) is 0.0385. The third-order valence-electron chi connectivity index (χ3n) is 4.56. The molecule has 0 atom stereocenters. The fourth-order valence-corrected chi connectivity index (χ4v) is 2.84. The van der Waals surface area contributed by atoms with Gasteiger partial charge in [-0.15, -0.1) is 0 Å². The third kappa shape index (κ3) is 6.18. The molecule has 7 nitrogen and oxygen atoms in total. The van der Waals surface area contributed by atoms with E-state index in [1.807, 2.05) is 42.5 Å². The van der Waals surface area contributed by atoms with Crippen molar-refractivity contribution in [3.63, 3.8) is 0 Å². The van der Waals surface area contributed by atoms with Crippen molar-refractivity contribution in [3.8, 4) is 11.5 Å². The molecule has 7 heteroatoms. The van der Waals surface area contributed by atoms with Crippen molar-refractivity contribution in [1.82, 2.24) is 5.43 Å². The number of hydrazone groups is 1. The van der Waals surface area contributed by atoms with Gasteiger partial charge in [-0.1, -0.05) is 30.3 Å². The van der Waals surface area contributed by atoms with Crippen LogP contribution < -0.4 is 14.9 Å². The van der Waals surface area contributed by atoms with Crippen molar-refractivity contribution in [2.45, 2.75) is 6.61 Å². The molecule has 0 aliphatic heterocycles. The van der Waals surface area contributed by atoms with Gasteiger partial charge in [-0.25, -0.2) is 10.2 Å². The smallest absolute Gasteiger partial charge is 0.379 e. The molecule has 0 bridgehead atoms. The molecule has 4 aromatic rings. The maximum Gasteiger partial charge on any atom is 0.379 e. The fourth-order valence-electron chi connectivity index (χ4n) is 2.84. The Morgan fingerprint density at radius 3 is 2.30 bits per heavy atom. The lowest BCUT2D eigenvalue weighted by Crippen LogP contribution is -2.17. The number of furan rings is 1. The van der Waals surface area contributed by atoms with Crippen molar-refractivity contribution >= 4 is 18.1 Å². The predicted molar refractivity (Wildman–Crippen MR) is 122 cm³/mol. The highest BCUT2D eigenvalue weighted by Crippen LogP contribution is 2.14. The van der Waals surface area contributed by atoms with Gasteiger partial charge in [0, 0.05) is 5.56 Å². The number of hydrogen-bond acceptors (Lipinski definition) is 6. The Hall–Kier alpha value is -4.65. The Balaban J connectivity index is 1.25. The minimum atomic E-state index is -0.577. The molecular formula is C26H20N2O5. The summed E-state index contributed by atoms with van der Waals surface area (Å²) in [4.78, 5) is 24.2.